The van der Waals surface area contributed by atoms with Crippen LogP contribution in [0.4, 0.5) is 5.69 Å². The van der Waals surface area contributed by atoms with Crippen molar-refractivity contribution < 1.29 is 0 Å². The molecule has 0 bridgehead atoms. The average molecular weight is 847 g/mol. The molecule has 0 spiro atoms. The van der Waals surface area contributed by atoms with E-state index in [1.54, 1.807) is 79.9 Å². The van der Waals surface area contributed by atoms with E-state index in [1.807, 2.05) is 48.5 Å². The van der Waals surface area contributed by atoms with Crippen LogP contribution in [0.15, 0.2) is 183 Å². The van der Waals surface area contributed by atoms with Gasteiger partial charge in [0.05, 0.1) is 45.6 Å². The minimum atomic E-state index is 0.414. The van der Waals surface area contributed by atoms with E-state index in [9.17, 15) is 5.26 Å². The maximum Gasteiger partial charge on any atom is 0.187 e. The predicted octanol–water partition coefficient (Wildman–Crippen LogP) is 11.8. The molecule has 0 saturated heterocycles. The molecule has 66 heavy (non-hydrogen) atoms. The molecule has 6 heterocycles. The fraction of sp³-hybridized carbons (Fsp3) is 0. The van der Waals surface area contributed by atoms with Gasteiger partial charge in [0.15, 0.2) is 29.0 Å². The van der Waals surface area contributed by atoms with Gasteiger partial charge in [0, 0.05) is 98.9 Å². The van der Waals surface area contributed by atoms with Gasteiger partial charge in [-0.15, -0.1) is 0 Å². The lowest BCUT2D eigenvalue weighted by Gasteiger charge is -2.19. The van der Waals surface area contributed by atoms with Crippen molar-refractivity contribution in [2.75, 3.05) is 0 Å². The number of hydrogen-bond acceptors (Lipinski definition) is 9. The Labute approximate surface area is 376 Å². The van der Waals surface area contributed by atoms with E-state index in [4.69, 9.17) is 6.57 Å². The van der Waals surface area contributed by atoms with Crippen molar-refractivity contribution in [2.45, 2.75) is 0 Å². The van der Waals surface area contributed by atoms with Gasteiger partial charge in [-0.05, 0) is 72.3 Å². The quantitative estimate of drug-likeness (QED) is 0.143. The number of rotatable bonds is 7. The molecular weight excluding hydrogens is 817 g/mol. The zero-order valence-electron chi connectivity index (χ0n) is 34.7. The van der Waals surface area contributed by atoms with Crippen molar-refractivity contribution >= 4 is 49.3 Å². The molecule has 306 valence electrons. The Morgan fingerprint density at radius 1 is 0.394 bits per heavy atom. The number of nitrogens with zero attached hydrogens (tertiary/aromatic N) is 12. The molecule has 0 unspecified atom stereocenters. The summed E-state index contributed by atoms with van der Waals surface area (Å²) in [6, 6.07) is 46.2. The Morgan fingerprint density at radius 2 is 0.773 bits per heavy atom. The molecule has 0 aliphatic rings. The fourth-order valence-corrected chi connectivity index (χ4v) is 8.92. The third-order valence-corrected chi connectivity index (χ3v) is 11.8. The summed E-state index contributed by atoms with van der Waals surface area (Å²) in [5, 5.41) is 15.3. The lowest BCUT2D eigenvalue weighted by molar-refractivity contribution is 1.13. The van der Waals surface area contributed by atoms with Crippen LogP contribution in [0.3, 0.4) is 0 Å². The zero-order valence-corrected chi connectivity index (χ0v) is 34.7. The Kier molecular flexibility index (Phi) is 8.93. The summed E-state index contributed by atoms with van der Waals surface area (Å²) in [6.07, 6.45) is 13.8. The molecule has 0 atom stereocenters. The van der Waals surface area contributed by atoms with E-state index in [1.165, 1.54) is 0 Å². The summed E-state index contributed by atoms with van der Waals surface area (Å²) in [7, 11) is 0. The van der Waals surface area contributed by atoms with Crippen LogP contribution in [-0.4, -0.2) is 49.0 Å². The fourth-order valence-electron chi connectivity index (χ4n) is 8.92. The Morgan fingerprint density at radius 3 is 1.14 bits per heavy atom. The maximum absolute atomic E-state index is 11.4. The van der Waals surface area contributed by atoms with Crippen molar-refractivity contribution in [1.29, 1.82) is 5.26 Å². The minimum Gasteiger partial charge on any atom is -0.309 e. The summed E-state index contributed by atoms with van der Waals surface area (Å²) < 4.78 is 4.32. The molecule has 12 aromatic rings. The van der Waals surface area contributed by atoms with Crippen molar-refractivity contribution in [3.05, 3.63) is 200 Å². The third kappa shape index (κ3) is 6.29. The smallest absolute Gasteiger partial charge is 0.187 e. The minimum absolute atomic E-state index is 0.414. The second-order valence-electron chi connectivity index (χ2n) is 15.5. The van der Waals surface area contributed by atoms with Gasteiger partial charge in [0.1, 0.15) is 6.07 Å². The first-order valence-electron chi connectivity index (χ1n) is 21.0. The first-order chi connectivity index (χ1) is 32.6. The van der Waals surface area contributed by atoms with Gasteiger partial charge in [-0.3, -0.25) is 0 Å². The summed E-state index contributed by atoms with van der Waals surface area (Å²) in [5.41, 5.74) is 10.6. The highest BCUT2D eigenvalue weighted by Gasteiger charge is 2.24. The Balaban J connectivity index is 1.21. The normalized spacial score (nSPS) is 11.3. The topological polar surface area (TPSA) is 141 Å². The molecule has 12 heteroatoms. The standard InChI is InChI=1S/C54H30N12/c1-56-39-8-2-7-33(25-39)44-31-45(65-46-26-34(51-57-17-3-18-58-51)9-13-40(46)41-14-10-35(27-47(41)65)52-59-19-4-20-60-52)38(32-55)30-50(44)66-48-28-36(53-61-21-5-22-62-53)11-15-42(48)43-16-12-37(29-49(43)66)54-63-23-6-24-64-54/h2-31H. The summed E-state index contributed by atoms with van der Waals surface area (Å²) >= 11 is 0. The van der Waals surface area contributed by atoms with Crippen LogP contribution in [0, 0.1) is 17.9 Å². The Hall–Kier alpha value is -9.78. The van der Waals surface area contributed by atoms with E-state index in [2.05, 4.69) is 115 Å². The highest BCUT2D eigenvalue weighted by Crippen LogP contribution is 2.43. The predicted molar refractivity (Wildman–Crippen MR) is 256 cm³/mol. The summed E-state index contributed by atoms with van der Waals surface area (Å²) in [5.74, 6) is 2.32. The highest BCUT2D eigenvalue weighted by atomic mass is 15.0. The van der Waals surface area contributed by atoms with Gasteiger partial charge in [0.25, 0.3) is 0 Å². The van der Waals surface area contributed by atoms with Crippen LogP contribution < -0.4 is 0 Å². The molecule has 0 amide bonds. The number of fused-ring (bicyclic) bond motifs is 6. The van der Waals surface area contributed by atoms with Gasteiger partial charge < -0.3 is 9.13 Å². The van der Waals surface area contributed by atoms with E-state index >= 15 is 0 Å². The van der Waals surface area contributed by atoms with Crippen LogP contribution in [0.1, 0.15) is 5.56 Å². The first kappa shape index (κ1) is 37.9. The van der Waals surface area contributed by atoms with E-state index in [0.29, 0.717) is 40.2 Å². The van der Waals surface area contributed by atoms with E-state index < -0.39 is 0 Å². The van der Waals surface area contributed by atoms with E-state index in [0.717, 1.165) is 82.7 Å². The lowest BCUT2D eigenvalue weighted by Crippen LogP contribution is -2.04. The van der Waals surface area contributed by atoms with Gasteiger partial charge in [0.2, 0.25) is 0 Å². The molecule has 0 radical (unpaired) electrons. The number of benzene rings is 6. The number of aromatic nitrogens is 10. The van der Waals surface area contributed by atoms with Crippen LogP contribution in [0.2, 0.25) is 0 Å². The molecule has 6 aromatic heterocycles. The molecule has 12 nitrogen and oxygen atoms in total. The zero-order chi connectivity index (χ0) is 44.1. The molecular formula is C54H30N12. The second kappa shape index (κ2) is 15.5. The van der Waals surface area contributed by atoms with Crippen LogP contribution in [-0.2, 0) is 0 Å². The average Bonchev–Trinajstić information content (AvgIpc) is 3.90. The highest BCUT2D eigenvalue weighted by molar-refractivity contribution is 6.13. The van der Waals surface area contributed by atoms with Crippen molar-refractivity contribution in [3.8, 4) is 74.1 Å². The summed E-state index contributed by atoms with van der Waals surface area (Å²) in [4.78, 5) is 40.5. The molecule has 0 N–H and O–H groups in total. The lowest BCUT2D eigenvalue weighted by atomic mass is 9.98. The molecule has 0 aliphatic heterocycles. The SMILES string of the molecule is [C-]#[N+]c1cccc(-c2cc(-n3c4cc(-c5ncccn5)ccc4c4ccc(-c5ncccn5)cc43)c(C#N)cc2-n2c3cc(-c4ncccn4)ccc3c3ccc(-c4ncccn4)cc32)c1. The molecule has 0 saturated carbocycles. The second-order valence-corrected chi connectivity index (χ2v) is 15.5. The Bertz CT molecular complexity index is 3750. The molecule has 12 rings (SSSR count). The van der Waals surface area contributed by atoms with Crippen LogP contribution in [0.25, 0.3) is 117 Å². The summed E-state index contributed by atoms with van der Waals surface area (Å²) in [6.45, 7) is 8.03. The van der Waals surface area contributed by atoms with Gasteiger partial charge in [-0.25, -0.2) is 44.7 Å². The van der Waals surface area contributed by atoms with Crippen LogP contribution in [0.5, 0.6) is 0 Å². The molecule has 6 aromatic carbocycles. The number of hydrogen-bond donors (Lipinski definition) is 0. The van der Waals surface area contributed by atoms with Crippen molar-refractivity contribution in [1.82, 2.24) is 49.0 Å². The van der Waals surface area contributed by atoms with Gasteiger partial charge >= 0.3 is 0 Å². The van der Waals surface area contributed by atoms with Gasteiger partial charge in [-0.2, -0.15) is 5.26 Å². The third-order valence-electron chi connectivity index (χ3n) is 11.8. The van der Waals surface area contributed by atoms with Crippen molar-refractivity contribution in [2.24, 2.45) is 0 Å². The largest absolute Gasteiger partial charge is 0.309 e. The monoisotopic (exact) mass is 846 g/mol. The molecule has 0 aliphatic carbocycles. The maximum atomic E-state index is 11.4. The molecule has 0 fully saturated rings. The van der Waals surface area contributed by atoms with Crippen LogP contribution >= 0.6 is 0 Å². The van der Waals surface area contributed by atoms with Gasteiger partial charge in [-0.1, -0.05) is 66.7 Å². The number of nitriles is 1. The van der Waals surface area contributed by atoms with Crippen molar-refractivity contribution in [3.63, 3.8) is 0 Å². The first-order valence-corrected chi connectivity index (χ1v) is 21.0. The van der Waals surface area contributed by atoms with E-state index in [-0.39, 0.29) is 0 Å².